The molecule has 5 heteroatoms. The van der Waals surface area contributed by atoms with Gasteiger partial charge in [-0.05, 0) is 30.5 Å². The van der Waals surface area contributed by atoms with E-state index in [1.807, 2.05) is 30.3 Å². The summed E-state index contributed by atoms with van der Waals surface area (Å²) in [5, 5.41) is 4.08. The van der Waals surface area contributed by atoms with Crippen molar-refractivity contribution in [3.05, 3.63) is 47.1 Å². The summed E-state index contributed by atoms with van der Waals surface area (Å²) >= 11 is 6.14. The van der Waals surface area contributed by atoms with Crippen LogP contribution in [-0.2, 0) is 6.54 Å². The largest absolute Gasteiger partial charge is 0.366 e. The molecule has 0 bridgehead atoms. The lowest BCUT2D eigenvalue weighted by Gasteiger charge is -2.15. The zero-order valence-electron chi connectivity index (χ0n) is 11.2. The Bertz CT molecular complexity index is 582. The zero-order chi connectivity index (χ0) is 13.8. The van der Waals surface area contributed by atoms with Gasteiger partial charge in [0.2, 0.25) is 5.95 Å². The Morgan fingerprint density at radius 3 is 2.75 bits per heavy atom. The van der Waals surface area contributed by atoms with Gasteiger partial charge >= 0.3 is 0 Å². The molecule has 1 fully saturated rings. The molecule has 1 aromatic carbocycles. The van der Waals surface area contributed by atoms with E-state index < -0.39 is 0 Å². The number of halogens is 1. The Kier molecular flexibility index (Phi) is 4.02. The summed E-state index contributed by atoms with van der Waals surface area (Å²) in [5.41, 5.74) is 1.07. The van der Waals surface area contributed by atoms with Gasteiger partial charge in [-0.1, -0.05) is 29.8 Å². The fourth-order valence-electron chi connectivity index (χ4n) is 2.34. The monoisotopic (exact) mass is 288 g/mol. The van der Waals surface area contributed by atoms with Crippen LogP contribution in [0.15, 0.2) is 36.5 Å². The second-order valence-electron chi connectivity index (χ2n) is 4.88. The molecule has 0 radical (unpaired) electrons. The maximum absolute atomic E-state index is 6.14. The third-order valence-electron chi connectivity index (χ3n) is 3.45. The van der Waals surface area contributed by atoms with Gasteiger partial charge in [0, 0.05) is 30.9 Å². The van der Waals surface area contributed by atoms with Crippen molar-refractivity contribution in [2.75, 3.05) is 23.3 Å². The predicted molar refractivity (Wildman–Crippen MR) is 82.3 cm³/mol. The molecule has 3 rings (SSSR count). The lowest BCUT2D eigenvalue weighted by molar-refractivity contribution is 0.896. The van der Waals surface area contributed by atoms with E-state index in [4.69, 9.17) is 11.6 Å². The van der Waals surface area contributed by atoms with E-state index in [9.17, 15) is 0 Å². The number of nitrogens with zero attached hydrogens (tertiary/aromatic N) is 3. The van der Waals surface area contributed by atoms with Gasteiger partial charge in [0.15, 0.2) is 0 Å². The van der Waals surface area contributed by atoms with E-state index in [0.29, 0.717) is 6.54 Å². The molecule has 0 spiro atoms. The second-order valence-corrected chi connectivity index (χ2v) is 5.29. The van der Waals surface area contributed by atoms with Crippen molar-refractivity contribution in [3.8, 4) is 0 Å². The highest BCUT2D eigenvalue weighted by Crippen LogP contribution is 2.19. The van der Waals surface area contributed by atoms with Crippen molar-refractivity contribution in [1.82, 2.24) is 9.97 Å². The van der Waals surface area contributed by atoms with Gasteiger partial charge in [-0.25, -0.2) is 4.98 Å². The van der Waals surface area contributed by atoms with Gasteiger partial charge in [0.05, 0.1) is 0 Å². The van der Waals surface area contributed by atoms with Gasteiger partial charge in [-0.3, -0.25) is 0 Å². The van der Waals surface area contributed by atoms with Crippen molar-refractivity contribution in [2.24, 2.45) is 0 Å². The maximum atomic E-state index is 6.14. The minimum atomic E-state index is 0.663. The Balaban J connectivity index is 1.68. The summed E-state index contributed by atoms with van der Waals surface area (Å²) in [4.78, 5) is 11.1. The van der Waals surface area contributed by atoms with Crippen LogP contribution in [0.3, 0.4) is 0 Å². The van der Waals surface area contributed by atoms with Gasteiger partial charge in [-0.2, -0.15) is 4.98 Å². The highest BCUT2D eigenvalue weighted by Gasteiger charge is 2.14. The van der Waals surface area contributed by atoms with Gasteiger partial charge in [0.1, 0.15) is 5.82 Å². The van der Waals surface area contributed by atoms with Crippen LogP contribution in [-0.4, -0.2) is 23.1 Å². The molecule has 0 saturated carbocycles. The van der Waals surface area contributed by atoms with Gasteiger partial charge < -0.3 is 10.2 Å². The van der Waals surface area contributed by atoms with Gasteiger partial charge in [-0.15, -0.1) is 0 Å². The zero-order valence-corrected chi connectivity index (χ0v) is 12.0. The van der Waals surface area contributed by atoms with Crippen LogP contribution in [0.25, 0.3) is 0 Å². The summed E-state index contributed by atoms with van der Waals surface area (Å²) in [5.74, 6) is 1.65. The summed E-state index contributed by atoms with van der Waals surface area (Å²) in [6, 6.07) is 9.71. The number of nitrogens with one attached hydrogen (secondary N) is 1. The third kappa shape index (κ3) is 3.02. The Labute approximate surface area is 123 Å². The molecular weight excluding hydrogens is 272 g/mol. The summed E-state index contributed by atoms with van der Waals surface area (Å²) in [7, 11) is 0. The van der Waals surface area contributed by atoms with Crippen molar-refractivity contribution >= 4 is 23.4 Å². The van der Waals surface area contributed by atoms with Crippen LogP contribution in [0, 0.1) is 0 Å². The van der Waals surface area contributed by atoms with E-state index in [1.165, 1.54) is 12.8 Å². The van der Waals surface area contributed by atoms with E-state index in [1.54, 1.807) is 6.20 Å². The smallest absolute Gasteiger partial charge is 0.227 e. The minimum absolute atomic E-state index is 0.663. The molecule has 1 aromatic heterocycles. The standard InChI is InChI=1S/C15H17ClN4/c16-13-6-2-1-5-12(13)11-18-14-7-8-17-15(19-14)20-9-3-4-10-20/h1-2,5-8H,3-4,9-11H2,(H,17,18,19). The number of hydrogen-bond acceptors (Lipinski definition) is 4. The Morgan fingerprint density at radius 2 is 1.95 bits per heavy atom. The molecule has 1 aliphatic rings. The van der Waals surface area contributed by atoms with Crippen LogP contribution in [0.1, 0.15) is 18.4 Å². The number of hydrogen-bond donors (Lipinski definition) is 1. The molecule has 1 aliphatic heterocycles. The fraction of sp³-hybridized carbons (Fsp3) is 0.333. The molecule has 2 aromatic rings. The Morgan fingerprint density at radius 1 is 1.15 bits per heavy atom. The predicted octanol–water partition coefficient (Wildman–Crippen LogP) is 3.34. The van der Waals surface area contributed by atoms with Crippen LogP contribution in [0.5, 0.6) is 0 Å². The molecule has 104 valence electrons. The molecule has 2 heterocycles. The number of rotatable bonds is 4. The highest BCUT2D eigenvalue weighted by atomic mass is 35.5. The van der Waals surface area contributed by atoms with E-state index in [-0.39, 0.29) is 0 Å². The summed E-state index contributed by atoms with van der Waals surface area (Å²) in [6.45, 7) is 2.76. The quantitative estimate of drug-likeness (QED) is 0.937. The molecule has 0 atom stereocenters. The Hall–Kier alpha value is -1.81. The highest BCUT2D eigenvalue weighted by molar-refractivity contribution is 6.31. The van der Waals surface area contributed by atoms with E-state index in [2.05, 4.69) is 20.2 Å². The fourth-order valence-corrected chi connectivity index (χ4v) is 2.55. The molecule has 1 saturated heterocycles. The molecular formula is C15H17ClN4. The average Bonchev–Trinajstić information content (AvgIpc) is 3.01. The van der Waals surface area contributed by atoms with Crippen LogP contribution in [0.4, 0.5) is 11.8 Å². The summed E-state index contributed by atoms with van der Waals surface area (Å²) < 4.78 is 0. The normalized spacial score (nSPS) is 14.6. The molecule has 0 unspecified atom stereocenters. The number of aromatic nitrogens is 2. The molecule has 0 aliphatic carbocycles. The lowest BCUT2D eigenvalue weighted by atomic mass is 10.2. The van der Waals surface area contributed by atoms with Gasteiger partial charge in [0.25, 0.3) is 0 Å². The topological polar surface area (TPSA) is 41.1 Å². The van der Waals surface area contributed by atoms with Crippen molar-refractivity contribution < 1.29 is 0 Å². The molecule has 4 nitrogen and oxygen atoms in total. The number of benzene rings is 1. The van der Waals surface area contributed by atoms with Crippen molar-refractivity contribution in [2.45, 2.75) is 19.4 Å². The van der Waals surface area contributed by atoms with Crippen molar-refractivity contribution in [1.29, 1.82) is 0 Å². The first-order valence-corrected chi connectivity index (χ1v) is 7.26. The summed E-state index contributed by atoms with van der Waals surface area (Å²) in [6.07, 6.45) is 4.25. The molecule has 0 amide bonds. The first kappa shape index (κ1) is 13.2. The molecule has 20 heavy (non-hydrogen) atoms. The third-order valence-corrected chi connectivity index (χ3v) is 3.82. The van der Waals surface area contributed by atoms with E-state index in [0.717, 1.165) is 35.4 Å². The first-order chi connectivity index (χ1) is 9.83. The van der Waals surface area contributed by atoms with Crippen LogP contribution >= 0.6 is 11.6 Å². The SMILES string of the molecule is Clc1ccccc1CNc1ccnc(N2CCCC2)n1. The lowest BCUT2D eigenvalue weighted by Crippen LogP contribution is -2.20. The van der Waals surface area contributed by atoms with Crippen molar-refractivity contribution in [3.63, 3.8) is 0 Å². The minimum Gasteiger partial charge on any atom is -0.366 e. The maximum Gasteiger partial charge on any atom is 0.227 e. The van der Waals surface area contributed by atoms with Crippen LogP contribution < -0.4 is 10.2 Å². The van der Waals surface area contributed by atoms with Crippen LogP contribution in [0.2, 0.25) is 5.02 Å². The number of anilines is 2. The molecule has 1 N–H and O–H groups in total. The first-order valence-electron chi connectivity index (χ1n) is 6.88. The van der Waals surface area contributed by atoms with E-state index >= 15 is 0 Å². The second kappa shape index (κ2) is 6.09. The average molecular weight is 289 g/mol.